The number of aliphatic carboxylic acids is 1. The first-order valence-corrected chi connectivity index (χ1v) is 15.3. The molecule has 0 bridgehead atoms. The zero-order valence-electron chi connectivity index (χ0n) is 27.8. The number of alkyl halides is 3. The summed E-state index contributed by atoms with van der Waals surface area (Å²) >= 11 is 0. The number of nitrogens with zero attached hydrogens (tertiary/aromatic N) is 1. The first kappa shape index (κ1) is 42.3. The number of benzene rings is 2. The summed E-state index contributed by atoms with van der Waals surface area (Å²) in [5.74, 6) is -7.02. The first-order valence-electron chi connectivity index (χ1n) is 15.3. The van der Waals surface area contributed by atoms with Crippen LogP contribution in [0.25, 0.3) is 0 Å². The molecular formula is C32H44F3N9O6. The van der Waals surface area contributed by atoms with Gasteiger partial charge in [0.25, 0.3) is 0 Å². The lowest BCUT2D eigenvalue weighted by Gasteiger charge is -2.34. The number of amides is 4. The minimum atomic E-state index is -5.08. The van der Waals surface area contributed by atoms with Crippen LogP contribution in [-0.2, 0) is 30.4 Å². The minimum absolute atomic E-state index is 0.0297. The number of primary amides is 1. The fraction of sp³-hybridized carbons (Fsp3) is 0.406. The Morgan fingerprint density at radius 2 is 1.50 bits per heavy atom. The molecule has 0 aliphatic rings. The Hall–Kier alpha value is -5.68. The van der Waals surface area contributed by atoms with Crippen LogP contribution in [-0.4, -0.2) is 83.3 Å². The maximum absolute atomic E-state index is 14.0. The van der Waals surface area contributed by atoms with Crippen LogP contribution in [0, 0.1) is 22.7 Å². The van der Waals surface area contributed by atoms with E-state index in [1.165, 1.54) is 11.9 Å². The Kier molecular flexibility index (Phi) is 16.9. The lowest BCUT2D eigenvalue weighted by molar-refractivity contribution is -0.192. The van der Waals surface area contributed by atoms with E-state index in [1.807, 2.05) is 13.8 Å². The quantitative estimate of drug-likeness (QED) is 0.0529. The number of hydrogen-bond acceptors (Lipinski definition) is 7. The van der Waals surface area contributed by atoms with Crippen LogP contribution in [0.15, 0.2) is 54.6 Å². The van der Waals surface area contributed by atoms with Crippen LogP contribution in [0.1, 0.15) is 44.2 Å². The van der Waals surface area contributed by atoms with Gasteiger partial charge in [-0.2, -0.15) is 13.2 Å². The lowest BCUT2D eigenvalue weighted by Crippen LogP contribution is -2.57. The number of hydrogen-bond donors (Lipinski definition) is 9. The van der Waals surface area contributed by atoms with Crippen LogP contribution in [0.3, 0.4) is 0 Å². The number of carboxylic acids is 1. The Morgan fingerprint density at radius 3 is 1.96 bits per heavy atom. The molecule has 4 atom stereocenters. The standard InChI is InChI=1S/C30H43N9O4.C2HF3O2/c1-4-18(2)24(28(42)38-23(26(33)40)11-8-16-36-30(34)35)39(3)29(43)22(27(41)37-21-9-6-5-7-10-21)17-19-12-14-20(15-13-19)25(31)32;3-2(4,5)1(6)7/h5-7,9-10,12-15,18,22-24H,4,8,11,16-17H2,1-3H3,(H3,31,32)(H2,33,40)(H,37,41)(H,38,42)(H4,34,35,36);(H,6,7)/t18?,22?,23-,24?;/m0./s1. The van der Waals surface area contributed by atoms with Crippen molar-refractivity contribution in [3.63, 3.8) is 0 Å². The van der Waals surface area contributed by atoms with Crippen molar-refractivity contribution in [3.8, 4) is 0 Å². The summed E-state index contributed by atoms with van der Waals surface area (Å²) in [5, 5.41) is 30.1. The predicted molar refractivity (Wildman–Crippen MR) is 180 cm³/mol. The lowest BCUT2D eigenvalue weighted by atomic mass is 9.92. The van der Waals surface area contributed by atoms with Crippen LogP contribution < -0.4 is 33.2 Å². The minimum Gasteiger partial charge on any atom is -0.475 e. The van der Waals surface area contributed by atoms with E-state index < -0.39 is 53.8 Å². The summed E-state index contributed by atoms with van der Waals surface area (Å²) < 4.78 is 31.7. The van der Waals surface area contributed by atoms with Gasteiger partial charge < -0.3 is 43.2 Å². The zero-order chi connectivity index (χ0) is 38.2. The second-order valence-corrected chi connectivity index (χ2v) is 11.3. The van der Waals surface area contributed by atoms with E-state index in [2.05, 4.69) is 16.0 Å². The third-order valence-electron chi connectivity index (χ3n) is 7.46. The van der Waals surface area contributed by atoms with Gasteiger partial charge in [-0.05, 0) is 42.9 Å². The molecule has 0 fully saturated rings. The van der Waals surface area contributed by atoms with Crippen molar-refractivity contribution < 1.29 is 42.3 Å². The van der Waals surface area contributed by atoms with Gasteiger partial charge >= 0.3 is 12.1 Å². The molecule has 18 heteroatoms. The average Bonchev–Trinajstić information content (AvgIpc) is 3.04. The highest BCUT2D eigenvalue weighted by Crippen LogP contribution is 2.21. The number of amidine groups is 1. The van der Waals surface area contributed by atoms with E-state index in [0.29, 0.717) is 36.2 Å². The van der Waals surface area contributed by atoms with Crippen LogP contribution >= 0.6 is 0 Å². The first-order chi connectivity index (χ1) is 23.3. The average molecular weight is 708 g/mol. The maximum atomic E-state index is 14.0. The Labute approximate surface area is 287 Å². The monoisotopic (exact) mass is 707 g/mol. The number of carbonyl (C=O) groups is 5. The van der Waals surface area contributed by atoms with Gasteiger partial charge in [0, 0.05) is 24.8 Å². The second-order valence-electron chi connectivity index (χ2n) is 11.3. The van der Waals surface area contributed by atoms with Crippen LogP contribution in [0.4, 0.5) is 18.9 Å². The topological polar surface area (TPSA) is 271 Å². The molecule has 50 heavy (non-hydrogen) atoms. The molecule has 0 saturated carbocycles. The van der Waals surface area contributed by atoms with Crippen molar-refractivity contribution in [2.45, 2.75) is 57.8 Å². The molecule has 2 aromatic rings. The molecule has 12 N–H and O–H groups in total. The molecule has 274 valence electrons. The molecule has 0 heterocycles. The Balaban J connectivity index is 0.00000161. The summed E-state index contributed by atoms with van der Waals surface area (Å²) in [4.78, 5) is 63.4. The van der Waals surface area contributed by atoms with Gasteiger partial charge in [-0.15, -0.1) is 0 Å². The van der Waals surface area contributed by atoms with Crippen molar-refractivity contribution >= 4 is 47.1 Å². The van der Waals surface area contributed by atoms with Crippen LogP contribution in [0.5, 0.6) is 0 Å². The number of carboxylic acid groups (broad SMARTS) is 1. The highest BCUT2D eigenvalue weighted by molar-refractivity contribution is 6.07. The summed E-state index contributed by atoms with van der Waals surface area (Å²) in [6.07, 6.45) is -3.92. The smallest absolute Gasteiger partial charge is 0.475 e. The molecular weight excluding hydrogens is 663 g/mol. The van der Waals surface area contributed by atoms with Crippen molar-refractivity contribution in [3.05, 3.63) is 65.7 Å². The normalized spacial score (nSPS) is 13.2. The molecule has 0 aromatic heterocycles. The van der Waals surface area contributed by atoms with E-state index in [1.54, 1.807) is 54.6 Å². The van der Waals surface area contributed by atoms with Gasteiger partial charge in [0.15, 0.2) is 5.96 Å². The molecule has 0 aliphatic heterocycles. The number of halogens is 3. The van der Waals surface area contributed by atoms with E-state index in [-0.39, 0.29) is 30.6 Å². The highest BCUT2D eigenvalue weighted by atomic mass is 19.4. The fourth-order valence-corrected chi connectivity index (χ4v) is 4.59. The van der Waals surface area contributed by atoms with E-state index in [4.69, 9.17) is 37.9 Å². The molecule has 3 unspecified atom stereocenters. The maximum Gasteiger partial charge on any atom is 0.490 e. The molecule has 2 rings (SSSR count). The number of carbonyl (C=O) groups excluding carboxylic acids is 4. The number of likely N-dealkylation sites (N-methyl/N-ethyl adjacent to an activating group) is 1. The number of rotatable bonds is 16. The van der Waals surface area contributed by atoms with Crippen molar-refractivity contribution in [2.75, 3.05) is 18.9 Å². The molecule has 0 radical (unpaired) electrons. The van der Waals surface area contributed by atoms with Gasteiger partial charge in [-0.25, -0.2) is 4.79 Å². The summed E-state index contributed by atoms with van der Waals surface area (Å²) in [5.41, 5.74) is 18.1. The number of nitrogens with two attached hydrogens (primary N) is 3. The molecule has 15 nitrogen and oxygen atoms in total. The van der Waals surface area contributed by atoms with E-state index >= 15 is 0 Å². The van der Waals surface area contributed by atoms with Gasteiger partial charge in [-0.1, -0.05) is 62.7 Å². The number of nitrogen functional groups attached to an aromatic ring is 1. The summed E-state index contributed by atoms with van der Waals surface area (Å²) in [6, 6.07) is 13.4. The molecule has 2 aromatic carbocycles. The van der Waals surface area contributed by atoms with Crippen molar-refractivity contribution in [2.24, 2.45) is 29.0 Å². The SMILES string of the molecule is CCC(C)C(C(=O)N[C@@H](CCCNC(=N)N)C(N)=O)N(C)C(=O)C(Cc1ccc(C(=N)N)cc1)C(=O)Nc1ccccc1.O=C(O)C(F)(F)F. The fourth-order valence-electron chi connectivity index (χ4n) is 4.59. The molecule has 0 aliphatic carbocycles. The Morgan fingerprint density at radius 1 is 0.940 bits per heavy atom. The number of guanidine groups is 1. The van der Waals surface area contributed by atoms with Crippen LogP contribution in [0.2, 0.25) is 0 Å². The highest BCUT2D eigenvalue weighted by Gasteiger charge is 2.39. The molecule has 4 amide bonds. The number of para-hydroxylation sites is 1. The van der Waals surface area contributed by atoms with E-state index in [0.717, 1.165) is 0 Å². The third-order valence-corrected chi connectivity index (χ3v) is 7.46. The van der Waals surface area contributed by atoms with Gasteiger partial charge in [0.1, 0.15) is 23.8 Å². The Bertz CT molecular complexity index is 1490. The number of anilines is 1. The molecule has 0 saturated heterocycles. The van der Waals surface area contributed by atoms with Gasteiger partial charge in [0.2, 0.25) is 23.6 Å². The molecule has 0 spiro atoms. The van der Waals surface area contributed by atoms with Gasteiger partial charge in [-0.3, -0.25) is 30.0 Å². The number of nitrogens with one attached hydrogen (secondary N) is 5. The van der Waals surface area contributed by atoms with Crippen molar-refractivity contribution in [1.29, 1.82) is 10.8 Å². The predicted octanol–water partition coefficient (Wildman–Crippen LogP) is 1.51. The summed E-state index contributed by atoms with van der Waals surface area (Å²) in [7, 11) is 1.47. The summed E-state index contributed by atoms with van der Waals surface area (Å²) in [6.45, 7) is 4.00. The van der Waals surface area contributed by atoms with Crippen molar-refractivity contribution in [1.82, 2.24) is 15.5 Å². The van der Waals surface area contributed by atoms with Gasteiger partial charge in [0.05, 0.1) is 0 Å². The third kappa shape index (κ3) is 14.2. The van der Waals surface area contributed by atoms with E-state index in [9.17, 15) is 32.3 Å². The second kappa shape index (κ2) is 20.0. The largest absolute Gasteiger partial charge is 0.490 e. The zero-order valence-corrected chi connectivity index (χ0v) is 27.8.